The van der Waals surface area contributed by atoms with Crippen LogP contribution in [0, 0.1) is 5.82 Å². The molecule has 2 rings (SSSR count). The molecule has 0 unspecified atom stereocenters. The summed E-state index contributed by atoms with van der Waals surface area (Å²) >= 11 is 0. The van der Waals surface area contributed by atoms with E-state index in [4.69, 9.17) is 4.74 Å². The summed E-state index contributed by atoms with van der Waals surface area (Å²) in [6.45, 7) is 12.9. The lowest BCUT2D eigenvalue weighted by molar-refractivity contribution is -0.477. The van der Waals surface area contributed by atoms with E-state index < -0.39 is 0 Å². The molecule has 26 heavy (non-hydrogen) atoms. The van der Waals surface area contributed by atoms with Crippen molar-refractivity contribution >= 4 is 12.1 Å². The molecule has 0 saturated carbocycles. The first-order chi connectivity index (χ1) is 11.8. The zero-order chi connectivity index (χ0) is 18.6. The molecule has 2 aromatic carbocycles. The van der Waals surface area contributed by atoms with Gasteiger partial charge in [0, 0.05) is 12.1 Å². The van der Waals surface area contributed by atoms with Gasteiger partial charge in [0.1, 0.15) is 11.6 Å². The van der Waals surface area contributed by atoms with Gasteiger partial charge in [-0.15, -0.1) is 0 Å². The third-order valence-corrected chi connectivity index (χ3v) is 4.29. The van der Waals surface area contributed by atoms with Crippen LogP contribution in [0.25, 0.3) is 0 Å². The average molecular weight is 378 g/mol. The Bertz CT molecular complexity index is 710. The van der Waals surface area contributed by atoms with Crippen molar-refractivity contribution in [2.45, 2.75) is 59.4 Å². The number of nitrogens with zero attached hydrogens (tertiary/aromatic N) is 1. The predicted octanol–water partition coefficient (Wildman–Crippen LogP) is 3.24. The van der Waals surface area contributed by atoms with Crippen LogP contribution in [0.4, 0.5) is 10.1 Å². The summed E-state index contributed by atoms with van der Waals surface area (Å²) in [5.41, 5.74) is 3.31. The average Bonchev–Trinajstić information content (AvgIpc) is 2.55. The van der Waals surface area contributed by atoms with Crippen molar-refractivity contribution in [2.24, 2.45) is 0 Å². The van der Waals surface area contributed by atoms with E-state index in [0.717, 1.165) is 11.4 Å². The molecule has 142 valence electrons. The van der Waals surface area contributed by atoms with E-state index in [-0.39, 0.29) is 24.3 Å². The molecule has 0 aromatic heterocycles. The lowest BCUT2D eigenvalue weighted by atomic mass is 9.94. The molecule has 0 saturated heterocycles. The molecule has 0 aliphatic rings. The lowest BCUT2D eigenvalue weighted by Crippen LogP contribution is -3.00. The smallest absolute Gasteiger partial charge is 0.335 e. The maximum atomic E-state index is 13.2. The standard InChI is InChI=1S/C22H29FNO.ClH/c1-15(2)20-8-7-9-21(16(3)4)22(20)25-14-24(17(5)6)19-12-10-18(23)11-13-19;/h7-17H,1-6H3;1H/q+1;/p-1. The number of hydrogen-bond acceptors (Lipinski definition) is 1. The minimum absolute atomic E-state index is 0. The molecule has 2 nitrogen and oxygen atoms in total. The van der Waals surface area contributed by atoms with E-state index in [1.807, 2.05) is 4.58 Å². The van der Waals surface area contributed by atoms with Crippen molar-refractivity contribution < 1.29 is 26.1 Å². The fourth-order valence-electron chi connectivity index (χ4n) is 2.82. The Hall–Kier alpha value is -1.87. The zero-order valence-corrected chi connectivity index (χ0v) is 17.2. The highest BCUT2D eigenvalue weighted by atomic mass is 35.5. The highest BCUT2D eigenvalue weighted by molar-refractivity contribution is 5.55. The zero-order valence-electron chi connectivity index (χ0n) is 16.5. The van der Waals surface area contributed by atoms with Crippen LogP contribution in [-0.4, -0.2) is 17.0 Å². The first-order valence-corrected chi connectivity index (χ1v) is 8.98. The largest absolute Gasteiger partial charge is 1.00 e. The SMILES string of the molecule is CC(C)c1cccc(C(C)C)c1OC=[N+](c1ccc(F)cc1)C(C)C.[Cl-]. The van der Waals surface area contributed by atoms with Gasteiger partial charge in [0.05, 0.1) is 0 Å². The minimum Gasteiger partial charge on any atom is -1.00 e. The summed E-state index contributed by atoms with van der Waals surface area (Å²) in [4.78, 5) is 0. The van der Waals surface area contributed by atoms with Crippen LogP contribution in [0.5, 0.6) is 5.75 Å². The second-order valence-corrected chi connectivity index (χ2v) is 7.28. The van der Waals surface area contributed by atoms with E-state index in [2.05, 4.69) is 59.7 Å². The normalized spacial score (nSPS) is 11.8. The molecule has 0 N–H and O–H groups in total. The molecule has 2 aromatic rings. The molecular formula is C22H29ClFNO. The van der Waals surface area contributed by atoms with Gasteiger partial charge in [0.25, 0.3) is 0 Å². The predicted molar refractivity (Wildman–Crippen MR) is 103 cm³/mol. The maximum Gasteiger partial charge on any atom is 0.335 e. The molecule has 0 aliphatic heterocycles. The fraction of sp³-hybridized carbons (Fsp3) is 0.409. The van der Waals surface area contributed by atoms with Crippen LogP contribution in [0.1, 0.15) is 64.5 Å². The van der Waals surface area contributed by atoms with E-state index >= 15 is 0 Å². The van der Waals surface area contributed by atoms with Crippen LogP contribution >= 0.6 is 0 Å². The van der Waals surface area contributed by atoms with E-state index in [0.29, 0.717) is 11.8 Å². The molecular weight excluding hydrogens is 349 g/mol. The Balaban J connectivity index is 0.00000338. The van der Waals surface area contributed by atoms with Crippen molar-refractivity contribution in [2.75, 3.05) is 0 Å². The Morgan fingerprint density at radius 3 is 1.77 bits per heavy atom. The van der Waals surface area contributed by atoms with E-state index in [1.165, 1.54) is 23.3 Å². The van der Waals surface area contributed by atoms with Crippen LogP contribution < -0.4 is 17.1 Å². The van der Waals surface area contributed by atoms with Crippen LogP contribution in [0.3, 0.4) is 0 Å². The molecule has 0 bridgehead atoms. The number of hydrogen-bond donors (Lipinski definition) is 0. The molecule has 0 atom stereocenters. The van der Waals surface area contributed by atoms with Gasteiger partial charge in [-0.25, -0.2) is 4.39 Å². The first-order valence-electron chi connectivity index (χ1n) is 8.98. The lowest BCUT2D eigenvalue weighted by Gasteiger charge is -2.17. The van der Waals surface area contributed by atoms with Gasteiger partial charge >= 0.3 is 6.40 Å². The summed E-state index contributed by atoms with van der Waals surface area (Å²) in [6.07, 6.45) is 1.75. The summed E-state index contributed by atoms with van der Waals surface area (Å²) < 4.78 is 21.4. The van der Waals surface area contributed by atoms with Gasteiger partial charge < -0.3 is 17.1 Å². The van der Waals surface area contributed by atoms with Gasteiger partial charge in [-0.1, -0.05) is 45.9 Å². The highest BCUT2D eigenvalue weighted by Crippen LogP contribution is 2.34. The quantitative estimate of drug-likeness (QED) is 0.427. The van der Waals surface area contributed by atoms with Crippen LogP contribution in [0.15, 0.2) is 42.5 Å². The molecule has 0 fully saturated rings. The molecule has 0 aliphatic carbocycles. The summed E-state index contributed by atoms with van der Waals surface area (Å²) in [7, 11) is 0. The maximum absolute atomic E-state index is 13.2. The van der Waals surface area contributed by atoms with Gasteiger partial charge in [-0.2, -0.15) is 4.58 Å². The molecule has 0 heterocycles. The Labute approximate surface area is 163 Å². The van der Waals surface area contributed by atoms with Gasteiger partial charge in [0.2, 0.25) is 5.69 Å². The first kappa shape index (κ1) is 22.2. The summed E-state index contributed by atoms with van der Waals surface area (Å²) in [5, 5.41) is 0. The van der Waals surface area contributed by atoms with Crippen LogP contribution in [0.2, 0.25) is 0 Å². The van der Waals surface area contributed by atoms with Gasteiger partial charge in [0.15, 0.2) is 6.04 Å². The second-order valence-electron chi connectivity index (χ2n) is 7.28. The van der Waals surface area contributed by atoms with Crippen molar-refractivity contribution in [3.63, 3.8) is 0 Å². The highest BCUT2D eigenvalue weighted by Gasteiger charge is 2.18. The number of halogens is 2. The Morgan fingerprint density at radius 2 is 1.35 bits per heavy atom. The third-order valence-electron chi connectivity index (χ3n) is 4.29. The van der Waals surface area contributed by atoms with Crippen molar-refractivity contribution in [1.82, 2.24) is 0 Å². The van der Waals surface area contributed by atoms with E-state index in [9.17, 15) is 4.39 Å². The molecule has 0 spiro atoms. The molecule has 0 radical (unpaired) electrons. The molecule has 4 heteroatoms. The minimum atomic E-state index is -0.236. The number of para-hydroxylation sites is 1. The number of rotatable bonds is 6. The van der Waals surface area contributed by atoms with Crippen molar-refractivity contribution in [3.05, 3.63) is 59.4 Å². The Kier molecular flexibility index (Phi) is 8.29. The monoisotopic (exact) mass is 377 g/mol. The number of benzene rings is 2. The summed E-state index contributed by atoms with van der Waals surface area (Å²) in [5.74, 6) is 1.45. The van der Waals surface area contributed by atoms with E-state index in [1.54, 1.807) is 18.5 Å². The van der Waals surface area contributed by atoms with Gasteiger partial charge in [-0.3, -0.25) is 0 Å². The van der Waals surface area contributed by atoms with Gasteiger partial charge in [-0.05, 0) is 48.9 Å². The molecule has 0 amide bonds. The summed E-state index contributed by atoms with van der Waals surface area (Å²) in [6, 6.07) is 13.0. The Morgan fingerprint density at radius 1 is 0.846 bits per heavy atom. The fourth-order valence-corrected chi connectivity index (χ4v) is 2.82. The second kappa shape index (κ2) is 9.72. The van der Waals surface area contributed by atoms with Crippen LogP contribution in [-0.2, 0) is 0 Å². The third kappa shape index (κ3) is 5.31. The van der Waals surface area contributed by atoms with Crippen molar-refractivity contribution in [3.8, 4) is 5.75 Å². The topological polar surface area (TPSA) is 12.2 Å². The number of ether oxygens (including phenoxy) is 1. The van der Waals surface area contributed by atoms with Crippen molar-refractivity contribution in [1.29, 1.82) is 0 Å².